The molecule has 34 heavy (non-hydrogen) atoms. The number of nitrogens with one attached hydrogen (secondary N) is 2. The molecule has 7 heterocycles. The van der Waals surface area contributed by atoms with E-state index in [9.17, 15) is 0 Å². The first-order valence-corrected chi connectivity index (χ1v) is 11.8. The molecule has 1 aliphatic heterocycles. The summed E-state index contributed by atoms with van der Waals surface area (Å²) < 4.78 is 0. The molecule has 1 saturated heterocycles. The fourth-order valence-corrected chi connectivity index (χ4v) is 5.07. The zero-order valence-electron chi connectivity index (χ0n) is 17.9. The highest BCUT2D eigenvalue weighted by Crippen LogP contribution is 2.34. The van der Waals surface area contributed by atoms with Crippen LogP contribution in [0, 0.1) is 0 Å². The monoisotopic (exact) mass is 465 g/mol. The SMILES string of the molecule is NC1CN(c2cncc(-c3cc4c(-c5cc6c(-c7ccsc7)ccnc6[nH]5)n[nH]c4cn3)n2)C1. The van der Waals surface area contributed by atoms with Gasteiger partial charge in [0.2, 0.25) is 0 Å². The number of aromatic nitrogens is 7. The van der Waals surface area contributed by atoms with Crippen molar-refractivity contribution in [2.75, 3.05) is 18.0 Å². The fraction of sp³-hybridized carbons (Fsp3) is 0.125. The van der Waals surface area contributed by atoms with Crippen molar-refractivity contribution in [1.29, 1.82) is 0 Å². The number of hydrogen-bond acceptors (Lipinski definition) is 8. The van der Waals surface area contributed by atoms with Crippen molar-refractivity contribution in [3.63, 3.8) is 0 Å². The van der Waals surface area contributed by atoms with Gasteiger partial charge in [-0.05, 0) is 46.2 Å². The van der Waals surface area contributed by atoms with Gasteiger partial charge in [0.15, 0.2) is 0 Å². The first kappa shape index (κ1) is 19.3. The maximum atomic E-state index is 5.92. The Labute approximate surface area is 197 Å². The average molecular weight is 466 g/mol. The molecule has 7 rings (SSSR count). The molecule has 0 aromatic carbocycles. The minimum absolute atomic E-state index is 0.194. The van der Waals surface area contributed by atoms with Crippen molar-refractivity contribution in [3.05, 3.63) is 59.8 Å². The Hall–Kier alpha value is -4.15. The molecule has 0 radical (unpaired) electrons. The van der Waals surface area contributed by atoms with Crippen LogP contribution in [-0.4, -0.2) is 54.2 Å². The van der Waals surface area contributed by atoms with Gasteiger partial charge in [0.1, 0.15) is 22.9 Å². The van der Waals surface area contributed by atoms with Gasteiger partial charge in [0.25, 0.3) is 0 Å². The second-order valence-corrected chi connectivity index (χ2v) is 9.21. The van der Waals surface area contributed by atoms with E-state index in [1.807, 2.05) is 18.3 Å². The first-order valence-electron chi connectivity index (χ1n) is 10.9. The highest BCUT2D eigenvalue weighted by Gasteiger charge is 2.25. The third kappa shape index (κ3) is 3.07. The van der Waals surface area contributed by atoms with Gasteiger partial charge in [-0.15, -0.1) is 0 Å². The van der Waals surface area contributed by atoms with Crippen molar-refractivity contribution < 1.29 is 0 Å². The smallest absolute Gasteiger partial charge is 0.147 e. The third-order valence-corrected chi connectivity index (χ3v) is 6.87. The highest BCUT2D eigenvalue weighted by molar-refractivity contribution is 7.08. The van der Waals surface area contributed by atoms with Gasteiger partial charge in [-0.25, -0.2) is 9.97 Å². The number of aromatic amines is 2. The zero-order valence-corrected chi connectivity index (χ0v) is 18.8. The van der Waals surface area contributed by atoms with E-state index < -0.39 is 0 Å². The Bertz CT molecular complexity index is 1640. The van der Waals surface area contributed by atoms with E-state index in [4.69, 9.17) is 10.7 Å². The van der Waals surface area contributed by atoms with Crippen molar-refractivity contribution in [2.45, 2.75) is 6.04 Å². The molecule has 4 N–H and O–H groups in total. The van der Waals surface area contributed by atoms with E-state index >= 15 is 0 Å². The lowest BCUT2D eigenvalue weighted by Crippen LogP contribution is -2.56. The molecule has 1 fully saturated rings. The lowest BCUT2D eigenvalue weighted by Gasteiger charge is -2.37. The normalized spacial score (nSPS) is 14.2. The second kappa shape index (κ2) is 7.44. The van der Waals surface area contributed by atoms with Gasteiger partial charge >= 0.3 is 0 Å². The van der Waals surface area contributed by atoms with Crippen LogP contribution >= 0.6 is 11.3 Å². The summed E-state index contributed by atoms with van der Waals surface area (Å²) in [5.74, 6) is 0.816. The second-order valence-electron chi connectivity index (χ2n) is 8.43. The van der Waals surface area contributed by atoms with E-state index in [0.717, 1.165) is 63.5 Å². The average Bonchev–Trinajstić information content (AvgIpc) is 3.60. The summed E-state index contributed by atoms with van der Waals surface area (Å²) >= 11 is 1.68. The summed E-state index contributed by atoms with van der Waals surface area (Å²) in [4.78, 5) is 23.8. The third-order valence-electron chi connectivity index (χ3n) is 6.18. The largest absolute Gasteiger partial charge is 0.352 e. The molecule has 166 valence electrons. The van der Waals surface area contributed by atoms with Gasteiger partial charge < -0.3 is 15.6 Å². The van der Waals surface area contributed by atoms with Gasteiger partial charge in [0, 0.05) is 36.1 Å². The molecular formula is C24H19N9S. The van der Waals surface area contributed by atoms with Crippen molar-refractivity contribution in [2.24, 2.45) is 5.73 Å². The van der Waals surface area contributed by atoms with Gasteiger partial charge in [-0.1, -0.05) is 0 Å². The molecular weight excluding hydrogens is 446 g/mol. The summed E-state index contributed by atoms with van der Waals surface area (Å²) in [6, 6.07) is 8.47. The van der Waals surface area contributed by atoms with Crippen molar-refractivity contribution in [3.8, 4) is 33.9 Å². The molecule has 0 bridgehead atoms. The summed E-state index contributed by atoms with van der Waals surface area (Å²) in [7, 11) is 0. The Kier molecular flexibility index (Phi) is 4.23. The number of anilines is 1. The molecule has 0 unspecified atom stereocenters. The van der Waals surface area contributed by atoms with Crippen LogP contribution in [-0.2, 0) is 0 Å². The number of hydrogen-bond donors (Lipinski definition) is 3. The number of nitrogens with zero attached hydrogens (tertiary/aromatic N) is 6. The lowest BCUT2D eigenvalue weighted by atomic mass is 10.1. The number of fused-ring (bicyclic) bond motifs is 2. The summed E-state index contributed by atoms with van der Waals surface area (Å²) in [6.45, 7) is 1.58. The van der Waals surface area contributed by atoms with E-state index in [0.29, 0.717) is 5.69 Å². The zero-order chi connectivity index (χ0) is 22.6. The maximum absolute atomic E-state index is 5.92. The predicted molar refractivity (Wildman–Crippen MR) is 134 cm³/mol. The van der Waals surface area contributed by atoms with Crippen molar-refractivity contribution in [1.82, 2.24) is 35.1 Å². The van der Waals surface area contributed by atoms with Crippen LogP contribution in [0.3, 0.4) is 0 Å². The van der Waals surface area contributed by atoms with Crippen LogP contribution < -0.4 is 10.6 Å². The highest BCUT2D eigenvalue weighted by atomic mass is 32.1. The standard InChI is InChI=1S/C24H19N9S/c25-14-10-33(11-14)22-9-26-7-21(29-22)18-6-17-20(8-28-18)31-32-23(17)19-5-16-15(13-2-4-34-12-13)1-3-27-24(16)30-19/h1-9,12,14H,10-11,25H2,(H,27,30)(H,31,32). The number of thiophene rings is 1. The number of nitrogens with two attached hydrogens (primary N) is 1. The van der Waals surface area contributed by atoms with Crippen LogP contribution in [0.5, 0.6) is 0 Å². The van der Waals surface area contributed by atoms with E-state index in [2.05, 4.69) is 57.9 Å². The van der Waals surface area contributed by atoms with Crippen LogP contribution in [0.4, 0.5) is 5.82 Å². The summed E-state index contributed by atoms with van der Waals surface area (Å²) in [5.41, 5.74) is 13.1. The lowest BCUT2D eigenvalue weighted by molar-refractivity contribution is 0.514. The van der Waals surface area contributed by atoms with Crippen molar-refractivity contribution >= 4 is 39.1 Å². The van der Waals surface area contributed by atoms with Gasteiger partial charge in [-0.2, -0.15) is 16.4 Å². The number of H-pyrrole nitrogens is 2. The molecule has 10 heteroatoms. The van der Waals surface area contributed by atoms with E-state index in [-0.39, 0.29) is 6.04 Å². The van der Waals surface area contributed by atoms with Crippen LogP contribution in [0.25, 0.3) is 55.8 Å². The molecule has 0 saturated carbocycles. The quantitative estimate of drug-likeness (QED) is 0.361. The molecule has 0 atom stereocenters. The maximum Gasteiger partial charge on any atom is 0.147 e. The van der Waals surface area contributed by atoms with E-state index in [1.165, 1.54) is 5.56 Å². The molecule has 0 amide bonds. The number of pyridine rings is 2. The van der Waals surface area contributed by atoms with Crippen LogP contribution in [0.1, 0.15) is 0 Å². The topological polar surface area (TPSA) is 125 Å². The molecule has 1 aliphatic rings. The Morgan fingerprint density at radius 3 is 2.82 bits per heavy atom. The van der Waals surface area contributed by atoms with Crippen LogP contribution in [0.2, 0.25) is 0 Å². The molecule has 0 spiro atoms. The Balaban J connectivity index is 1.31. The van der Waals surface area contributed by atoms with E-state index in [1.54, 1.807) is 29.9 Å². The first-order chi connectivity index (χ1) is 16.7. The van der Waals surface area contributed by atoms with Crippen LogP contribution in [0.15, 0.2) is 59.8 Å². The Morgan fingerprint density at radius 2 is 1.97 bits per heavy atom. The molecule has 6 aromatic rings. The van der Waals surface area contributed by atoms with Gasteiger partial charge in [-0.3, -0.25) is 15.1 Å². The minimum Gasteiger partial charge on any atom is -0.352 e. The van der Waals surface area contributed by atoms with Gasteiger partial charge in [0.05, 0.1) is 35.5 Å². The summed E-state index contributed by atoms with van der Waals surface area (Å²) in [6.07, 6.45) is 7.11. The predicted octanol–water partition coefficient (Wildman–Crippen LogP) is 3.83. The Morgan fingerprint density at radius 1 is 1.03 bits per heavy atom. The fourth-order valence-electron chi connectivity index (χ4n) is 4.42. The molecule has 9 nitrogen and oxygen atoms in total. The number of rotatable bonds is 4. The summed E-state index contributed by atoms with van der Waals surface area (Å²) in [5, 5.41) is 13.9. The minimum atomic E-state index is 0.194. The molecule has 6 aromatic heterocycles. The molecule has 0 aliphatic carbocycles.